The molecule has 1 N–H and O–H groups in total. The number of para-hydroxylation sites is 1. The van der Waals surface area contributed by atoms with E-state index in [0.717, 1.165) is 11.3 Å². The lowest BCUT2D eigenvalue weighted by atomic mass is 10.1. The molecule has 0 saturated carbocycles. The smallest absolute Gasteiger partial charge is 0.258 e. The maximum absolute atomic E-state index is 11.9. The molecule has 0 heterocycles. The van der Waals surface area contributed by atoms with E-state index in [1.807, 2.05) is 24.3 Å². The molecule has 0 aliphatic heterocycles. The maximum Gasteiger partial charge on any atom is 0.258 e. The third-order valence-corrected chi connectivity index (χ3v) is 3.28. The number of amides is 1. The number of ether oxygens (including phenoxy) is 2. The lowest BCUT2D eigenvalue weighted by Gasteiger charge is -2.10. The van der Waals surface area contributed by atoms with Gasteiger partial charge in [-0.2, -0.15) is 0 Å². The van der Waals surface area contributed by atoms with Gasteiger partial charge in [-0.25, -0.2) is 0 Å². The van der Waals surface area contributed by atoms with E-state index >= 15 is 0 Å². The van der Waals surface area contributed by atoms with E-state index in [-0.39, 0.29) is 18.3 Å². The van der Waals surface area contributed by atoms with Crippen LogP contribution in [0.4, 0.5) is 0 Å². The van der Waals surface area contributed by atoms with Crippen LogP contribution in [0.2, 0.25) is 0 Å². The van der Waals surface area contributed by atoms with Crippen LogP contribution in [-0.2, 0) is 11.3 Å². The van der Waals surface area contributed by atoms with Crippen molar-refractivity contribution in [2.75, 3.05) is 13.7 Å². The van der Waals surface area contributed by atoms with Gasteiger partial charge in [0, 0.05) is 17.7 Å². The molecule has 0 aliphatic carbocycles. The molecule has 0 unspecified atom stereocenters. The van der Waals surface area contributed by atoms with Crippen molar-refractivity contribution in [3.05, 3.63) is 59.7 Å². The van der Waals surface area contributed by atoms with Crippen molar-refractivity contribution in [3.8, 4) is 11.5 Å². The minimum absolute atomic E-state index is 0.0453. The normalized spacial score (nSPS) is 10.0. The molecule has 2 aromatic rings. The molecule has 0 radical (unpaired) electrons. The minimum Gasteiger partial charge on any atom is -0.496 e. The van der Waals surface area contributed by atoms with Gasteiger partial charge in [0.2, 0.25) is 0 Å². The highest BCUT2D eigenvalue weighted by Gasteiger charge is 2.07. The van der Waals surface area contributed by atoms with Crippen molar-refractivity contribution in [2.24, 2.45) is 0 Å². The van der Waals surface area contributed by atoms with Gasteiger partial charge in [-0.1, -0.05) is 30.3 Å². The van der Waals surface area contributed by atoms with E-state index in [9.17, 15) is 9.59 Å². The topological polar surface area (TPSA) is 64.6 Å². The Morgan fingerprint density at radius 3 is 2.61 bits per heavy atom. The number of ketones is 1. The molecule has 0 spiro atoms. The fourth-order valence-corrected chi connectivity index (χ4v) is 2.05. The number of benzene rings is 2. The number of carbonyl (C=O) groups is 2. The van der Waals surface area contributed by atoms with Crippen molar-refractivity contribution in [1.29, 1.82) is 0 Å². The first-order chi connectivity index (χ1) is 11.1. The number of rotatable bonds is 7. The van der Waals surface area contributed by atoms with Crippen LogP contribution in [0.3, 0.4) is 0 Å². The number of nitrogens with one attached hydrogen (secondary N) is 1. The second-order valence-electron chi connectivity index (χ2n) is 4.96. The largest absolute Gasteiger partial charge is 0.496 e. The van der Waals surface area contributed by atoms with E-state index in [4.69, 9.17) is 9.47 Å². The summed E-state index contributed by atoms with van der Waals surface area (Å²) in [4.78, 5) is 23.2. The third kappa shape index (κ3) is 4.85. The summed E-state index contributed by atoms with van der Waals surface area (Å²) in [5, 5.41) is 2.77. The fraction of sp³-hybridized carbons (Fsp3) is 0.222. The molecule has 1 amide bonds. The Morgan fingerprint density at radius 2 is 1.87 bits per heavy atom. The molecule has 120 valence electrons. The van der Waals surface area contributed by atoms with Crippen molar-refractivity contribution in [1.82, 2.24) is 5.32 Å². The van der Waals surface area contributed by atoms with Gasteiger partial charge in [0.05, 0.1) is 7.11 Å². The standard InChI is InChI=1S/C18H19NO4/c1-13(20)14-7-5-8-16(10-14)23-12-18(21)19-11-15-6-3-4-9-17(15)22-2/h3-10H,11-12H2,1-2H3,(H,19,21). The van der Waals surface area contributed by atoms with Crippen LogP contribution >= 0.6 is 0 Å². The molecular formula is C18H19NO4. The van der Waals surface area contributed by atoms with E-state index in [2.05, 4.69) is 5.32 Å². The zero-order valence-electron chi connectivity index (χ0n) is 13.2. The van der Waals surface area contributed by atoms with Gasteiger partial charge in [0.25, 0.3) is 5.91 Å². The van der Waals surface area contributed by atoms with Crippen LogP contribution in [-0.4, -0.2) is 25.4 Å². The Balaban J connectivity index is 1.86. The molecular weight excluding hydrogens is 294 g/mol. The molecule has 0 saturated heterocycles. The van der Waals surface area contributed by atoms with Gasteiger partial charge >= 0.3 is 0 Å². The van der Waals surface area contributed by atoms with Crippen LogP contribution in [0, 0.1) is 0 Å². The number of methoxy groups -OCH3 is 1. The lowest BCUT2D eigenvalue weighted by Crippen LogP contribution is -2.28. The first kappa shape index (κ1) is 16.5. The summed E-state index contributed by atoms with van der Waals surface area (Å²) in [6, 6.07) is 14.2. The zero-order chi connectivity index (χ0) is 16.7. The van der Waals surface area contributed by atoms with Gasteiger partial charge < -0.3 is 14.8 Å². The summed E-state index contributed by atoms with van der Waals surface area (Å²) in [6.45, 7) is 1.73. The number of carbonyl (C=O) groups excluding carboxylic acids is 2. The first-order valence-electron chi connectivity index (χ1n) is 7.22. The third-order valence-electron chi connectivity index (χ3n) is 3.28. The van der Waals surface area contributed by atoms with Gasteiger partial charge in [0.1, 0.15) is 11.5 Å². The SMILES string of the molecule is COc1ccccc1CNC(=O)COc1cccc(C(C)=O)c1. The summed E-state index contributed by atoms with van der Waals surface area (Å²) in [7, 11) is 1.59. The molecule has 0 aliphatic rings. The summed E-state index contributed by atoms with van der Waals surface area (Å²) >= 11 is 0. The minimum atomic E-state index is -0.246. The Bertz CT molecular complexity index is 697. The quantitative estimate of drug-likeness (QED) is 0.798. The Kier molecular flexibility index (Phi) is 5.74. The number of hydrogen-bond acceptors (Lipinski definition) is 4. The average molecular weight is 313 g/mol. The summed E-state index contributed by atoms with van der Waals surface area (Å²) in [6.07, 6.45) is 0. The van der Waals surface area contributed by atoms with Crippen LogP contribution in [0.5, 0.6) is 11.5 Å². The van der Waals surface area contributed by atoms with Crippen molar-refractivity contribution in [3.63, 3.8) is 0 Å². The number of Topliss-reactive ketones (excluding diaryl/α,β-unsaturated/α-hetero) is 1. The van der Waals surface area contributed by atoms with Crippen LogP contribution in [0.1, 0.15) is 22.8 Å². The highest BCUT2D eigenvalue weighted by Crippen LogP contribution is 2.17. The van der Waals surface area contributed by atoms with E-state index in [0.29, 0.717) is 17.9 Å². The molecule has 2 rings (SSSR count). The van der Waals surface area contributed by atoms with Gasteiger partial charge in [-0.15, -0.1) is 0 Å². The molecule has 5 heteroatoms. The molecule has 5 nitrogen and oxygen atoms in total. The van der Waals surface area contributed by atoms with E-state index in [1.165, 1.54) is 6.92 Å². The molecule has 2 aromatic carbocycles. The molecule has 0 atom stereocenters. The predicted molar refractivity (Wildman–Crippen MR) is 86.8 cm³/mol. The van der Waals surface area contributed by atoms with Gasteiger partial charge in [-0.3, -0.25) is 9.59 Å². The van der Waals surface area contributed by atoms with Crippen LogP contribution in [0.25, 0.3) is 0 Å². The highest BCUT2D eigenvalue weighted by molar-refractivity contribution is 5.94. The second kappa shape index (κ2) is 7.98. The number of hydrogen-bond donors (Lipinski definition) is 1. The van der Waals surface area contributed by atoms with Crippen LogP contribution < -0.4 is 14.8 Å². The Labute approximate surface area is 135 Å². The van der Waals surface area contributed by atoms with E-state index in [1.54, 1.807) is 31.4 Å². The summed E-state index contributed by atoms with van der Waals surface area (Å²) < 4.78 is 10.6. The van der Waals surface area contributed by atoms with Crippen molar-refractivity contribution in [2.45, 2.75) is 13.5 Å². The molecule has 0 fully saturated rings. The van der Waals surface area contributed by atoms with Crippen molar-refractivity contribution >= 4 is 11.7 Å². The zero-order valence-corrected chi connectivity index (χ0v) is 13.2. The monoisotopic (exact) mass is 313 g/mol. The fourth-order valence-electron chi connectivity index (χ4n) is 2.05. The molecule has 0 aromatic heterocycles. The van der Waals surface area contributed by atoms with Crippen molar-refractivity contribution < 1.29 is 19.1 Å². The lowest BCUT2D eigenvalue weighted by molar-refractivity contribution is -0.123. The second-order valence-corrected chi connectivity index (χ2v) is 4.96. The van der Waals surface area contributed by atoms with Gasteiger partial charge in [-0.05, 0) is 25.1 Å². The Hall–Kier alpha value is -2.82. The Morgan fingerprint density at radius 1 is 1.09 bits per heavy atom. The first-order valence-corrected chi connectivity index (χ1v) is 7.22. The molecule has 23 heavy (non-hydrogen) atoms. The van der Waals surface area contributed by atoms with E-state index < -0.39 is 0 Å². The summed E-state index contributed by atoms with van der Waals surface area (Å²) in [5.41, 5.74) is 1.44. The highest BCUT2D eigenvalue weighted by atomic mass is 16.5. The molecule has 0 bridgehead atoms. The average Bonchev–Trinajstić information content (AvgIpc) is 2.58. The predicted octanol–water partition coefficient (Wildman–Crippen LogP) is 2.59. The maximum atomic E-state index is 11.9. The van der Waals surface area contributed by atoms with Crippen LogP contribution in [0.15, 0.2) is 48.5 Å². The van der Waals surface area contributed by atoms with Gasteiger partial charge in [0.15, 0.2) is 12.4 Å². The summed E-state index contributed by atoms with van der Waals surface area (Å²) in [5.74, 6) is 0.924.